The summed E-state index contributed by atoms with van der Waals surface area (Å²) in [6.07, 6.45) is 1.13. The quantitative estimate of drug-likeness (QED) is 0.259. The predicted molar refractivity (Wildman–Crippen MR) is 108 cm³/mol. The molecule has 0 aliphatic carbocycles. The third-order valence-electron chi connectivity index (χ3n) is 4.43. The Hall–Kier alpha value is -3.99. The number of nitrogens with one attached hydrogen (secondary N) is 1. The van der Waals surface area contributed by atoms with E-state index < -0.39 is 16.7 Å². The highest BCUT2D eigenvalue weighted by molar-refractivity contribution is 7.80. The van der Waals surface area contributed by atoms with E-state index in [2.05, 4.69) is 5.32 Å². The largest absolute Gasteiger partial charge is 0.497 e. The topological polar surface area (TPSA) is 120 Å². The minimum Gasteiger partial charge on any atom is -0.497 e. The number of methoxy groups -OCH3 is 1. The lowest BCUT2D eigenvalue weighted by Gasteiger charge is -2.29. The van der Waals surface area contributed by atoms with Gasteiger partial charge < -0.3 is 14.2 Å². The molecule has 2 aliphatic heterocycles. The van der Waals surface area contributed by atoms with Crippen molar-refractivity contribution in [3.05, 3.63) is 57.6 Å². The normalized spacial score (nSPS) is 16.6. The van der Waals surface area contributed by atoms with Crippen molar-refractivity contribution in [2.24, 2.45) is 0 Å². The molecule has 4 rings (SSSR count). The molecule has 0 atom stereocenters. The maximum Gasteiger partial charge on any atom is 0.280 e. The molecule has 2 aliphatic rings. The number of nitrogens with zero attached hydrogens (tertiary/aromatic N) is 2. The number of thiocarbonyl (C=S) groups is 1. The van der Waals surface area contributed by atoms with Crippen LogP contribution in [0.1, 0.15) is 5.56 Å². The average Bonchev–Trinajstić information content (AvgIpc) is 3.17. The molecule has 0 aromatic heterocycles. The molecule has 0 spiro atoms. The van der Waals surface area contributed by atoms with Gasteiger partial charge in [-0.2, -0.15) is 0 Å². The number of hydrogen-bond donors (Lipinski definition) is 1. The zero-order chi connectivity index (χ0) is 21.4. The van der Waals surface area contributed by atoms with Crippen LogP contribution in [0.5, 0.6) is 17.2 Å². The first-order valence-electron chi connectivity index (χ1n) is 8.52. The van der Waals surface area contributed by atoms with E-state index in [1.807, 2.05) is 0 Å². The number of amides is 2. The van der Waals surface area contributed by atoms with Crippen LogP contribution in [0.2, 0.25) is 0 Å². The van der Waals surface area contributed by atoms with Crippen molar-refractivity contribution in [1.29, 1.82) is 0 Å². The van der Waals surface area contributed by atoms with E-state index in [1.165, 1.54) is 19.2 Å². The Kier molecular flexibility index (Phi) is 4.80. The Balaban J connectivity index is 1.79. The van der Waals surface area contributed by atoms with Gasteiger partial charge in [-0.05, 0) is 36.5 Å². The molecule has 0 radical (unpaired) electrons. The number of hydrogen-bond acceptors (Lipinski definition) is 8. The van der Waals surface area contributed by atoms with Gasteiger partial charge in [0.1, 0.15) is 11.3 Å². The average molecular weight is 427 g/mol. The minimum absolute atomic E-state index is 0.0150. The second-order valence-electron chi connectivity index (χ2n) is 6.18. The Labute approximate surface area is 174 Å². The Bertz CT molecular complexity index is 1140. The number of benzene rings is 2. The van der Waals surface area contributed by atoms with Crippen LogP contribution >= 0.6 is 12.2 Å². The molecule has 2 aromatic rings. The van der Waals surface area contributed by atoms with Gasteiger partial charge >= 0.3 is 0 Å². The van der Waals surface area contributed by atoms with Crippen LogP contribution in [0.25, 0.3) is 6.08 Å². The zero-order valence-electron chi connectivity index (χ0n) is 15.4. The second-order valence-corrected chi connectivity index (χ2v) is 6.57. The van der Waals surface area contributed by atoms with Gasteiger partial charge in [-0.3, -0.25) is 29.9 Å². The molecule has 0 saturated carbocycles. The van der Waals surface area contributed by atoms with E-state index >= 15 is 0 Å². The van der Waals surface area contributed by atoms with Crippen LogP contribution < -0.4 is 24.4 Å². The molecule has 1 fully saturated rings. The van der Waals surface area contributed by atoms with Gasteiger partial charge in [-0.1, -0.05) is 6.07 Å². The molecule has 11 heteroatoms. The van der Waals surface area contributed by atoms with Crippen molar-refractivity contribution in [3.8, 4) is 17.2 Å². The summed E-state index contributed by atoms with van der Waals surface area (Å²) in [6.45, 7) is -0.0795. The molecule has 1 N–H and O–H groups in total. The Morgan fingerprint density at radius 2 is 1.97 bits per heavy atom. The first kappa shape index (κ1) is 19.3. The van der Waals surface area contributed by atoms with Crippen LogP contribution in [0.15, 0.2) is 42.0 Å². The molecule has 2 heterocycles. The Morgan fingerprint density at radius 3 is 2.67 bits per heavy atom. The van der Waals surface area contributed by atoms with E-state index in [1.54, 1.807) is 24.3 Å². The summed E-state index contributed by atoms with van der Waals surface area (Å²) < 4.78 is 15.6. The van der Waals surface area contributed by atoms with Crippen molar-refractivity contribution >= 4 is 46.6 Å². The SMILES string of the molecule is COc1cccc(N2C(=O)C(=Cc3cc4c(cc3[N+](=O)[O-])OCO4)C(=O)NC2=S)c1. The van der Waals surface area contributed by atoms with Gasteiger partial charge in [0.05, 0.1) is 29.4 Å². The number of carbonyl (C=O) groups excluding carboxylic acids is 2. The fourth-order valence-electron chi connectivity index (χ4n) is 3.02. The number of anilines is 1. The lowest BCUT2D eigenvalue weighted by Crippen LogP contribution is -2.54. The first-order chi connectivity index (χ1) is 14.4. The molecule has 30 heavy (non-hydrogen) atoms. The fourth-order valence-corrected chi connectivity index (χ4v) is 3.30. The molecule has 2 aromatic carbocycles. The Morgan fingerprint density at radius 1 is 1.23 bits per heavy atom. The smallest absolute Gasteiger partial charge is 0.280 e. The summed E-state index contributed by atoms with van der Waals surface area (Å²) >= 11 is 5.15. The molecular formula is C19H13N3O7S. The minimum atomic E-state index is -0.767. The maximum atomic E-state index is 13.1. The molecule has 0 bridgehead atoms. The summed E-state index contributed by atoms with van der Waals surface area (Å²) in [5.41, 5.74) is -0.279. The van der Waals surface area contributed by atoms with E-state index in [0.29, 0.717) is 11.4 Å². The van der Waals surface area contributed by atoms with Gasteiger partial charge in [0.2, 0.25) is 6.79 Å². The summed E-state index contributed by atoms with van der Waals surface area (Å²) in [5, 5.41) is 13.8. The van der Waals surface area contributed by atoms with Crippen molar-refractivity contribution in [3.63, 3.8) is 0 Å². The van der Waals surface area contributed by atoms with E-state index in [-0.39, 0.29) is 40.2 Å². The van der Waals surface area contributed by atoms with E-state index in [4.69, 9.17) is 26.4 Å². The summed E-state index contributed by atoms with van der Waals surface area (Å²) in [6, 6.07) is 9.06. The monoisotopic (exact) mass is 427 g/mol. The van der Waals surface area contributed by atoms with Crippen LogP contribution in [0.4, 0.5) is 11.4 Å². The van der Waals surface area contributed by atoms with Crippen LogP contribution in [-0.2, 0) is 9.59 Å². The van der Waals surface area contributed by atoms with Gasteiger partial charge in [0.15, 0.2) is 16.6 Å². The molecular weight excluding hydrogens is 414 g/mol. The van der Waals surface area contributed by atoms with Gasteiger partial charge in [-0.25, -0.2) is 0 Å². The molecule has 0 unspecified atom stereocenters. The van der Waals surface area contributed by atoms with Crippen LogP contribution in [0, 0.1) is 10.1 Å². The lowest BCUT2D eigenvalue weighted by molar-refractivity contribution is -0.385. The zero-order valence-corrected chi connectivity index (χ0v) is 16.2. The fraction of sp³-hybridized carbons (Fsp3) is 0.105. The highest BCUT2D eigenvalue weighted by Crippen LogP contribution is 2.39. The number of nitro groups is 1. The third-order valence-corrected chi connectivity index (χ3v) is 4.72. The number of ether oxygens (including phenoxy) is 3. The standard InChI is InChI=1S/C19H13N3O7S/c1-27-12-4-2-3-11(7-12)21-18(24)13(17(23)20-19(21)30)5-10-6-15-16(29-9-28-15)8-14(10)22(25)26/h2-8H,9H2,1H3,(H,20,23,30). The van der Waals surface area contributed by atoms with Crippen molar-refractivity contribution in [2.75, 3.05) is 18.8 Å². The molecule has 2 amide bonds. The number of nitro benzene ring substituents is 1. The molecule has 152 valence electrons. The molecule has 10 nitrogen and oxygen atoms in total. The maximum absolute atomic E-state index is 13.1. The summed E-state index contributed by atoms with van der Waals surface area (Å²) in [4.78, 5) is 37.5. The number of fused-ring (bicyclic) bond motifs is 1. The second kappa shape index (κ2) is 7.44. The van der Waals surface area contributed by atoms with Crippen LogP contribution in [0.3, 0.4) is 0 Å². The number of rotatable bonds is 4. The highest BCUT2D eigenvalue weighted by Gasteiger charge is 2.35. The first-order valence-corrected chi connectivity index (χ1v) is 8.93. The van der Waals surface area contributed by atoms with Crippen LogP contribution in [-0.4, -0.2) is 35.8 Å². The van der Waals surface area contributed by atoms with E-state index in [0.717, 1.165) is 11.0 Å². The highest BCUT2D eigenvalue weighted by atomic mass is 32.1. The van der Waals surface area contributed by atoms with Crippen molar-refractivity contribution in [1.82, 2.24) is 5.32 Å². The van der Waals surface area contributed by atoms with Gasteiger partial charge in [0.25, 0.3) is 17.5 Å². The summed E-state index contributed by atoms with van der Waals surface area (Å²) in [7, 11) is 1.47. The van der Waals surface area contributed by atoms with E-state index in [9.17, 15) is 19.7 Å². The lowest BCUT2D eigenvalue weighted by atomic mass is 10.0. The van der Waals surface area contributed by atoms with Gasteiger partial charge in [-0.15, -0.1) is 0 Å². The molecule has 1 saturated heterocycles. The van der Waals surface area contributed by atoms with Crippen molar-refractivity contribution in [2.45, 2.75) is 0 Å². The third kappa shape index (κ3) is 3.31. The number of carbonyl (C=O) groups is 2. The summed E-state index contributed by atoms with van der Waals surface area (Å²) in [5.74, 6) is -0.532. The van der Waals surface area contributed by atoms with Gasteiger partial charge in [0, 0.05) is 6.07 Å². The van der Waals surface area contributed by atoms with Crippen molar-refractivity contribution < 1.29 is 28.7 Å². The predicted octanol–water partition coefficient (Wildman–Crippen LogP) is 2.16.